The van der Waals surface area contributed by atoms with Gasteiger partial charge in [-0.2, -0.15) is 0 Å². The van der Waals surface area contributed by atoms with Gasteiger partial charge >= 0.3 is 6.03 Å². The number of hydrogen-bond donors (Lipinski definition) is 3. The Balaban J connectivity index is 2.36. The number of aromatic nitrogens is 1. The van der Waals surface area contributed by atoms with E-state index in [1.54, 1.807) is 11.3 Å². The Morgan fingerprint density at radius 3 is 2.75 bits per heavy atom. The van der Waals surface area contributed by atoms with Gasteiger partial charge in [0.2, 0.25) is 0 Å². The number of hydrogen-bond acceptors (Lipinski definition) is 4. The second kappa shape index (κ2) is 7.59. The van der Waals surface area contributed by atoms with Crippen molar-refractivity contribution < 1.29 is 9.90 Å². The number of nitrogens with zero attached hydrogens (tertiary/aromatic N) is 1. The Bertz CT molecular complexity index is 426. The molecule has 0 fully saturated rings. The molecule has 0 bridgehead atoms. The predicted molar refractivity (Wildman–Crippen MR) is 82.0 cm³/mol. The van der Waals surface area contributed by atoms with Gasteiger partial charge in [0.25, 0.3) is 0 Å². The molecule has 0 spiro atoms. The molecule has 0 aromatic carbocycles. The molecule has 1 unspecified atom stereocenters. The number of rotatable bonds is 6. The Hall–Kier alpha value is -1.14. The maximum atomic E-state index is 11.7. The van der Waals surface area contributed by atoms with Crippen LogP contribution in [0, 0.1) is 0 Å². The molecule has 6 heteroatoms. The summed E-state index contributed by atoms with van der Waals surface area (Å²) in [6.07, 6.45) is 1.47. The molecule has 1 rings (SSSR count). The first-order valence-electron chi connectivity index (χ1n) is 6.93. The van der Waals surface area contributed by atoms with Gasteiger partial charge in [0.1, 0.15) is 0 Å². The molecule has 0 aliphatic heterocycles. The summed E-state index contributed by atoms with van der Waals surface area (Å²) in [6, 6.07) is -0.136. The predicted octanol–water partition coefficient (Wildman–Crippen LogP) is 2.40. The molecule has 3 N–H and O–H groups in total. The zero-order valence-electron chi connectivity index (χ0n) is 12.7. The molecular weight excluding hydrogens is 274 g/mol. The normalized spacial score (nSPS) is 13.1. The fourth-order valence-electron chi connectivity index (χ4n) is 1.65. The number of carbonyl (C=O) groups excluding carboxylic acids is 1. The fourth-order valence-corrected chi connectivity index (χ4v) is 2.56. The Labute approximate surface area is 124 Å². The third-order valence-corrected chi connectivity index (χ3v) is 4.11. The van der Waals surface area contributed by atoms with Gasteiger partial charge in [0.15, 0.2) is 0 Å². The van der Waals surface area contributed by atoms with Crippen LogP contribution < -0.4 is 10.6 Å². The van der Waals surface area contributed by atoms with Gasteiger partial charge in [0.05, 0.1) is 17.2 Å². The quantitative estimate of drug-likeness (QED) is 0.755. The van der Waals surface area contributed by atoms with E-state index >= 15 is 0 Å². The third kappa shape index (κ3) is 5.88. The molecule has 5 nitrogen and oxygen atoms in total. The SMILES string of the molecule is CC(CCCO)NC(=O)NCc1csc(C(C)(C)C)n1. The summed E-state index contributed by atoms with van der Waals surface area (Å²) in [5.74, 6) is 0. The highest BCUT2D eigenvalue weighted by Gasteiger charge is 2.18. The largest absolute Gasteiger partial charge is 0.396 e. The number of aliphatic hydroxyl groups is 1. The Morgan fingerprint density at radius 1 is 1.50 bits per heavy atom. The van der Waals surface area contributed by atoms with Gasteiger partial charge < -0.3 is 15.7 Å². The van der Waals surface area contributed by atoms with Crippen LogP contribution in [-0.4, -0.2) is 28.8 Å². The van der Waals surface area contributed by atoms with Crippen LogP contribution in [0.5, 0.6) is 0 Å². The summed E-state index contributed by atoms with van der Waals surface area (Å²) in [6.45, 7) is 8.89. The highest BCUT2D eigenvalue weighted by molar-refractivity contribution is 7.09. The molecule has 1 aromatic rings. The van der Waals surface area contributed by atoms with E-state index in [0.717, 1.165) is 17.1 Å². The number of aliphatic hydroxyl groups excluding tert-OH is 1. The van der Waals surface area contributed by atoms with Crippen molar-refractivity contribution >= 4 is 17.4 Å². The van der Waals surface area contributed by atoms with Crippen molar-refractivity contribution in [2.24, 2.45) is 0 Å². The van der Waals surface area contributed by atoms with Crippen LogP contribution in [0.2, 0.25) is 0 Å². The van der Waals surface area contributed by atoms with Crippen molar-refractivity contribution in [1.82, 2.24) is 15.6 Å². The van der Waals surface area contributed by atoms with Gasteiger partial charge in [-0.15, -0.1) is 11.3 Å². The number of urea groups is 1. The van der Waals surface area contributed by atoms with Crippen LogP contribution in [-0.2, 0) is 12.0 Å². The Morgan fingerprint density at radius 2 is 2.20 bits per heavy atom. The molecule has 2 amide bonds. The lowest BCUT2D eigenvalue weighted by atomic mass is 9.98. The molecule has 114 valence electrons. The first-order valence-corrected chi connectivity index (χ1v) is 7.81. The molecule has 1 heterocycles. The van der Waals surface area contributed by atoms with E-state index in [0.29, 0.717) is 13.0 Å². The molecule has 0 aliphatic rings. The van der Waals surface area contributed by atoms with Crippen LogP contribution in [0.4, 0.5) is 4.79 Å². The minimum absolute atomic E-state index is 0.0456. The summed E-state index contributed by atoms with van der Waals surface area (Å²) >= 11 is 1.62. The number of amides is 2. The maximum Gasteiger partial charge on any atom is 0.315 e. The summed E-state index contributed by atoms with van der Waals surface area (Å²) in [5.41, 5.74) is 0.933. The molecular formula is C14H25N3O2S. The zero-order valence-corrected chi connectivity index (χ0v) is 13.5. The van der Waals surface area contributed by atoms with Gasteiger partial charge in [-0.05, 0) is 19.8 Å². The van der Waals surface area contributed by atoms with Gasteiger partial charge in [-0.3, -0.25) is 0 Å². The average Bonchev–Trinajstić information content (AvgIpc) is 2.82. The second-order valence-corrected chi connectivity index (χ2v) is 6.85. The van der Waals surface area contributed by atoms with Crippen molar-refractivity contribution in [3.63, 3.8) is 0 Å². The van der Waals surface area contributed by atoms with Gasteiger partial charge in [-0.25, -0.2) is 9.78 Å². The highest BCUT2D eigenvalue weighted by Crippen LogP contribution is 2.25. The number of thiazole rings is 1. The molecule has 1 aromatic heterocycles. The van der Waals surface area contributed by atoms with Crippen LogP contribution >= 0.6 is 11.3 Å². The zero-order chi connectivity index (χ0) is 15.2. The topological polar surface area (TPSA) is 74.2 Å². The number of carbonyl (C=O) groups is 1. The van der Waals surface area contributed by atoms with Gasteiger partial charge in [-0.1, -0.05) is 20.8 Å². The monoisotopic (exact) mass is 299 g/mol. The average molecular weight is 299 g/mol. The summed E-state index contributed by atoms with van der Waals surface area (Å²) in [4.78, 5) is 16.2. The lowest BCUT2D eigenvalue weighted by molar-refractivity contribution is 0.234. The minimum atomic E-state index is -0.194. The van der Waals surface area contributed by atoms with E-state index in [1.807, 2.05) is 12.3 Å². The molecule has 0 saturated carbocycles. The molecule has 0 radical (unpaired) electrons. The van der Waals surface area contributed by atoms with E-state index in [9.17, 15) is 4.79 Å². The first-order chi connectivity index (χ1) is 9.32. The van der Waals surface area contributed by atoms with Crippen LogP contribution in [0.3, 0.4) is 0 Å². The minimum Gasteiger partial charge on any atom is -0.396 e. The number of nitrogens with one attached hydrogen (secondary N) is 2. The summed E-state index contributed by atoms with van der Waals surface area (Å²) in [7, 11) is 0. The Kier molecular flexibility index (Phi) is 6.42. The molecule has 20 heavy (non-hydrogen) atoms. The molecule has 0 aliphatic carbocycles. The van der Waals surface area contributed by atoms with E-state index in [4.69, 9.17) is 5.11 Å². The van der Waals surface area contributed by atoms with E-state index in [1.165, 1.54) is 0 Å². The second-order valence-electron chi connectivity index (χ2n) is 5.99. The van der Waals surface area contributed by atoms with E-state index < -0.39 is 0 Å². The standard InChI is InChI=1S/C14H25N3O2S/c1-10(6-5-7-18)16-13(19)15-8-11-9-20-12(17-11)14(2,3)4/h9-10,18H,5-8H2,1-4H3,(H2,15,16,19). The van der Waals surface area contributed by atoms with Crippen molar-refractivity contribution in [1.29, 1.82) is 0 Å². The lowest BCUT2D eigenvalue weighted by Gasteiger charge is -2.14. The van der Waals surface area contributed by atoms with Crippen LogP contribution in [0.1, 0.15) is 51.2 Å². The summed E-state index contributed by atoms with van der Waals surface area (Å²) < 4.78 is 0. The van der Waals surface area contributed by atoms with Crippen molar-refractivity contribution in [2.45, 2.75) is 58.5 Å². The highest BCUT2D eigenvalue weighted by atomic mass is 32.1. The van der Waals surface area contributed by atoms with Crippen molar-refractivity contribution in [3.05, 3.63) is 16.1 Å². The smallest absolute Gasteiger partial charge is 0.315 e. The lowest BCUT2D eigenvalue weighted by Crippen LogP contribution is -2.40. The fraction of sp³-hybridized carbons (Fsp3) is 0.714. The van der Waals surface area contributed by atoms with Crippen LogP contribution in [0.15, 0.2) is 5.38 Å². The third-order valence-electron chi connectivity index (χ3n) is 2.80. The summed E-state index contributed by atoms with van der Waals surface area (Å²) in [5, 5.41) is 17.4. The van der Waals surface area contributed by atoms with Crippen molar-refractivity contribution in [3.8, 4) is 0 Å². The molecule has 0 saturated heterocycles. The van der Waals surface area contributed by atoms with Crippen LogP contribution in [0.25, 0.3) is 0 Å². The van der Waals surface area contributed by atoms with E-state index in [2.05, 4.69) is 36.4 Å². The maximum absolute atomic E-state index is 11.7. The van der Waals surface area contributed by atoms with Crippen molar-refractivity contribution in [2.75, 3.05) is 6.61 Å². The van der Waals surface area contributed by atoms with E-state index in [-0.39, 0.29) is 24.1 Å². The first kappa shape index (κ1) is 16.9. The van der Waals surface area contributed by atoms with Gasteiger partial charge in [0, 0.05) is 23.4 Å². The molecule has 1 atom stereocenters.